The summed E-state index contributed by atoms with van der Waals surface area (Å²) in [6, 6.07) is 26.3. The topological polar surface area (TPSA) is 0 Å². The minimum Gasteiger partial charge on any atom is -0.214 e. The summed E-state index contributed by atoms with van der Waals surface area (Å²) in [6.45, 7) is 2.12. The minimum atomic E-state index is 0. The smallest absolute Gasteiger partial charge is 0.172 e. The summed E-state index contributed by atoms with van der Waals surface area (Å²) >= 11 is 1.69. The summed E-state index contributed by atoms with van der Waals surface area (Å²) in [4.78, 5) is 0. The van der Waals surface area contributed by atoms with Gasteiger partial charge in [0.1, 0.15) is 0 Å². The van der Waals surface area contributed by atoms with Crippen LogP contribution in [0.15, 0.2) is 66.7 Å². The van der Waals surface area contributed by atoms with Crippen molar-refractivity contribution in [1.82, 2.24) is 0 Å². The van der Waals surface area contributed by atoms with E-state index in [9.17, 15) is 0 Å². The quantitative estimate of drug-likeness (QED) is 0.316. The van der Waals surface area contributed by atoms with Crippen molar-refractivity contribution in [2.75, 3.05) is 0 Å². The number of benzene rings is 2. The zero-order chi connectivity index (χ0) is 18.2. The largest absolute Gasteiger partial charge is 0.214 e. The number of fused-ring (bicyclic) bond motifs is 3. The number of halogens is 2. The normalized spacial score (nSPS) is 13.3. The Morgan fingerprint density at radius 2 is 1.57 bits per heavy atom. The average Bonchev–Trinajstić information content (AvgIpc) is 3.34. The molecule has 0 bridgehead atoms. The van der Waals surface area contributed by atoms with Crippen molar-refractivity contribution < 1.29 is 49.0 Å². The zero-order valence-corrected chi connectivity index (χ0v) is 20.3. The van der Waals surface area contributed by atoms with E-state index in [1.807, 2.05) is 30.3 Å². The maximum atomic E-state index is 3.36. The molecule has 0 N–H and O–H groups in total. The van der Waals surface area contributed by atoms with Crippen molar-refractivity contribution in [1.29, 1.82) is 0 Å². The van der Waals surface area contributed by atoms with Crippen LogP contribution in [0.2, 0.25) is 0 Å². The van der Waals surface area contributed by atoms with Crippen molar-refractivity contribution in [2.45, 2.75) is 45.4 Å². The van der Waals surface area contributed by atoms with E-state index in [1.54, 1.807) is 27.4 Å². The molecule has 0 heterocycles. The van der Waals surface area contributed by atoms with Crippen molar-refractivity contribution in [3.05, 3.63) is 89.5 Å². The van der Waals surface area contributed by atoms with Gasteiger partial charge in [-0.05, 0) is 6.42 Å². The number of hydrogen-bond donors (Lipinski definition) is 0. The Morgan fingerprint density at radius 3 is 2.14 bits per heavy atom. The average molecular weight is 489 g/mol. The first-order chi connectivity index (χ1) is 12.7. The summed E-state index contributed by atoms with van der Waals surface area (Å²) in [6.07, 6.45) is 8.36. The molecule has 0 saturated heterocycles. The van der Waals surface area contributed by atoms with Gasteiger partial charge in [-0.15, -0.1) is 5.56 Å². The maximum Gasteiger partial charge on any atom is -0.172 e. The van der Waals surface area contributed by atoms with E-state index in [-0.39, 0.29) is 24.8 Å². The molecule has 0 radical (unpaired) electrons. The van der Waals surface area contributed by atoms with Gasteiger partial charge in [0.2, 0.25) is 0 Å². The third-order valence-electron chi connectivity index (χ3n) is 4.86. The van der Waals surface area contributed by atoms with E-state index in [0.717, 1.165) is 6.42 Å². The van der Waals surface area contributed by atoms with Crippen LogP contribution in [0.25, 0.3) is 11.1 Å². The molecule has 0 atom stereocenters. The summed E-state index contributed by atoms with van der Waals surface area (Å²) in [7, 11) is 0. The Hall–Kier alpha value is -0.877. The second-order valence-corrected chi connectivity index (χ2v) is 8.77. The molecule has 0 unspecified atom stereocenters. The Kier molecular flexibility index (Phi) is 12.0. The summed E-state index contributed by atoms with van der Waals surface area (Å²) in [5.74, 6) is 0. The Balaban J connectivity index is 0.000000237. The van der Waals surface area contributed by atoms with Crippen molar-refractivity contribution in [3.63, 3.8) is 0 Å². The fourth-order valence-electron chi connectivity index (χ4n) is 3.45. The molecule has 5 rings (SSSR count). The Bertz CT molecular complexity index is 812. The molecule has 2 aliphatic rings. The number of rotatable bonds is 0. The van der Waals surface area contributed by atoms with E-state index in [0.29, 0.717) is 0 Å². The van der Waals surface area contributed by atoms with E-state index in [2.05, 4.69) is 49.4 Å². The third-order valence-corrected chi connectivity index (χ3v) is 6.09. The van der Waals surface area contributed by atoms with Gasteiger partial charge in [0.05, 0.1) is 0 Å². The van der Waals surface area contributed by atoms with Crippen LogP contribution in [0.3, 0.4) is 0 Å². The molecule has 3 aromatic rings. The molecule has 3 heteroatoms. The van der Waals surface area contributed by atoms with Gasteiger partial charge >= 0.3 is 59.5 Å². The molecule has 1 fully saturated rings. The van der Waals surface area contributed by atoms with Crippen molar-refractivity contribution in [2.24, 2.45) is 0 Å². The SMILES string of the molecule is Cc1c[c-]c2c(c1)-c1ccccc1C2.[Cl-].[Cl-].[Zr+2]=[C]1CCCCC1.c1cc[cH-]c1. The van der Waals surface area contributed by atoms with Gasteiger partial charge < -0.3 is 24.8 Å². The van der Waals surface area contributed by atoms with Crippen LogP contribution >= 0.6 is 0 Å². The van der Waals surface area contributed by atoms with Crippen LogP contribution in [-0.4, -0.2) is 3.21 Å². The third kappa shape index (κ3) is 7.51. The molecule has 2 aliphatic carbocycles. The van der Waals surface area contributed by atoms with Crippen molar-refractivity contribution in [3.8, 4) is 11.1 Å². The fourth-order valence-corrected chi connectivity index (χ4v) is 4.32. The molecule has 0 aromatic heterocycles. The molecule has 0 amide bonds. The van der Waals surface area contributed by atoms with E-state index >= 15 is 0 Å². The summed E-state index contributed by atoms with van der Waals surface area (Å²) in [5, 5.41) is 0. The molecular weight excluding hydrogens is 462 g/mol. The second-order valence-electron chi connectivity index (χ2n) is 7.03. The molecule has 0 spiro atoms. The van der Waals surface area contributed by atoms with Gasteiger partial charge in [0.25, 0.3) is 0 Å². The van der Waals surface area contributed by atoms with Gasteiger partial charge in [-0.1, -0.05) is 42.3 Å². The number of aryl methyl sites for hydroxylation is 1. The Morgan fingerprint density at radius 1 is 0.893 bits per heavy atom. The van der Waals surface area contributed by atoms with Crippen LogP contribution in [0.1, 0.15) is 48.8 Å². The zero-order valence-electron chi connectivity index (χ0n) is 16.3. The fraction of sp³-hybridized carbons (Fsp3) is 0.280. The molecule has 146 valence electrons. The standard InChI is InChI=1S/C14H11.C6H10.C5H5.2ClH.Zr/c1-10-6-7-12-9-11-4-2-3-5-13(11)14(12)8-10;1-2-4-6-5-3-1;1-2-4-5-3-1;;;/h2-6,8H,9H2,1H3;1-5H2;1-5H;2*1H;/q-1;;-1;;;+2/p-2. The predicted octanol–water partition coefficient (Wildman–Crippen LogP) is 0.450. The first kappa shape index (κ1) is 25.2. The van der Waals surface area contributed by atoms with Gasteiger partial charge in [-0.2, -0.15) is 47.5 Å². The first-order valence-electron chi connectivity index (χ1n) is 9.56. The van der Waals surface area contributed by atoms with E-state index < -0.39 is 0 Å². The monoisotopic (exact) mass is 486 g/mol. The van der Waals surface area contributed by atoms with Crippen LogP contribution < -0.4 is 24.8 Å². The number of hydrogen-bond acceptors (Lipinski definition) is 0. The van der Waals surface area contributed by atoms with E-state index in [1.165, 1.54) is 59.9 Å². The van der Waals surface area contributed by atoms with Gasteiger partial charge in [-0.25, -0.2) is 12.1 Å². The molecule has 0 aliphatic heterocycles. The van der Waals surface area contributed by atoms with Gasteiger partial charge in [0, 0.05) is 0 Å². The maximum absolute atomic E-state index is 3.36. The van der Waals surface area contributed by atoms with Gasteiger partial charge in [0.15, 0.2) is 0 Å². The van der Waals surface area contributed by atoms with Crippen LogP contribution in [-0.2, 0) is 30.7 Å². The summed E-state index contributed by atoms with van der Waals surface area (Å²) < 4.78 is 1.80. The van der Waals surface area contributed by atoms with Crippen molar-refractivity contribution >= 4 is 3.21 Å². The van der Waals surface area contributed by atoms with E-state index in [4.69, 9.17) is 0 Å². The molecule has 3 aromatic carbocycles. The predicted molar refractivity (Wildman–Crippen MR) is 108 cm³/mol. The minimum absolute atomic E-state index is 0. The summed E-state index contributed by atoms with van der Waals surface area (Å²) in [5.41, 5.74) is 6.84. The molecular formula is C25H26Cl2Zr-2. The second kappa shape index (κ2) is 13.4. The van der Waals surface area contributed by atoms with Gasteiger partial charge in [-0.3, -0.25) is 0 Å². The first-order valence-corrected chi connectivity index (χ1v) is 10.8. The van der Waals surface area contributed by atoms with Crippen LogP contribution in [0.5, 0.6) is 0 Å². The molecule has 0 nitrogen and oxygen atoms in total. The molecule has 1 saturated carbocycles. The van der Waals surface area contributed by atoms with Crippen LogP contribution in [0, 0.1) is 13.0 Å². The Labute approximate surface area is 197 Å². The van der Waals surface area contributed by atoms with Crippen LogP contribution in [0.4, 0.5) is 0 Å². The molecule has 28 heavy (non-hydrogen) atoms.